The summed E-state index contributed by atoms with van der Waals surface area (Å²) in [4.78, 5) is 24.8. The predicted molar refractivity (Wildman–Crippen MR) is 69.4 cm³/mol. The second-order valence-corrected chi connectivity index (χ2v) is 5.66. The lowest BCUT2D eigenvalue weighted by Crippen LogP contribution is -2.52. The average molecular weight is 256 g/mol. The lowest BCUT2D eigenvalue weighted by Gasteiger charge is -2.36. The van der Waals surface area contributed by atoms with Crippen LogP contribution in [0.2, 0.25) is 0 Å². The van der Waals surface area contributed by atoms with Crippen LogP contribution < -0.4 is 5.32 Å². The van der Waals surface area contributed by atoms with Gasteiger partial charge in [0.1, 0.15) is 0 Å². The Morgan fingerprint density at radius 1 is 1.39 bits per heavy atom. The van der Waals surface area contributed by atoms with Crippen LogP contribution in [0, 0.1) is 5.92 Å². The topological polar surface area (TPSA) is 69.6 Å². The van der Waals surface area contributed by atoms with Crippen molar-refractivity contribution >= 4 is 12.0 Å². The van der Waals surface area contributed by atoms with Crippen molar-refractivity contribution in [2.75, 3.05) is 7.05 Å². The molecule has 1 fully saturated rings. The maximum Gasteiger partial charge on any atom is 0.317 e. The fraction of sp³-hybridized carbons (Fsp3) is 0.846. The van der Waals surface area contributed by atoms with Crippen LogP contribution in [0.25, 0.3) is 0 Å². The van der Waals surface area contributed by atoms with Gasteiger partial charge >= 0.3 is 12.0 Å². The van der Waals surface area contributed by atoms with E-state index in [4.69, 9.17) is 5.11 Å². The Morgan fingerprint density at radius 3 is 2.50 bits per heavy atom. The first kappa shape index (κ1) is 14.8. The molecule has 0 spiro atoms. The van der Waals surface area contributed by atoms with E-state index in [9.17, 15) is 9.59 Å². The second-order valence-electron chi connectivity index (χ2n) is 5.66. The van der Waals surface area contributed by atoms with Gasteiger partial charge in [-0.25, -0.2) is 4.79 Å². The molecule has 1 aliphatic rings. The van der Waals surface area contributed by atoms with Gasteiger partial charge in [-0.2, -0.15) is 0 Å². The van der Waals surface area contributed by atoms with E-state index >= 15 is 0 Å². The summed E-state index contributed by atoms with van der Waals surface area (Å²) in [5, 5.41) is 11.9. The third-order valence-corrected chi connectivity index (χ3v) is 4.22. The van der Waals surface area contributed by atoms with Gasteiger partial charge in [-0.05, 0) is 33.1 Å². The number of urea groups is 1. The molecule has 0 saturated heterocycles. The molecule has 5 heteroatoms. The minimum absolute atomic E-state index is 0.181. The Balaban J connectivity index is 2.62. The molecule has 1 rings (SSSR count). The van der Waals surface area contributed by atoms with E-state index in [1.54, 1.807) is 11.9 Å². The van der Waals surface area contributed by atoms with Crippen molar-refractivity contribution in [3.63, 3.8) is 0 Å². The number of nitrogens with one attached hydrogen (secondary N) is 1. The summed E-state index contributed by atoms with van der Waals surface area (Å²) >= 11 is 0. The molecule has 0 aromatic rings. The molecule has 2 unspecified atom stereocenters. The average Bonchev–Trinajstić information content (AvgIpc) is 2.76. The number of nitrogens with zero attached hydrogens (tertiary/aromatic N) is 1. The van der Waals surface area contributed by atoms with Gasteiger partial charge in [0.2, 0.25) is 0 Å². The van der Waals surface area contributed by atoms with Crippen molar-refractivity contribution < 1.29 is 14.7 Å². The van der Waals surface area contributed by atoms with Crippen molar-refractivity contribution in [3.05, 3.63) is 0 Å². The van der Waals surface area contributed by atoms with Gasteiger partial charge in [0, 0.05) is 18.6 Å². The molecule has 2 amide bonds. The zero-order chi connectivity index (χ0) is 13.9. The number of carbonyl (C=O) groups excluding carboxylic acids is 1. The van der Waals surface area contributed by atoms with Crippen LogP contribution in [0.4, 0.5) is 4.79 Å². The van der Waals surface area contributed by atoms with E-state index in [0.29, 0.717) is 6.42 Å². The molecule has 0 aromatic carbocycles. The van der Waals surface area contributed by atoms with E-state index < -0.39 is 11.9 Å². The van der Waals surface area contributed by atoms with Crippen LogP contribution in [0.3, 0.4) is 0 Å². The fourth-order valence-corrected chi connectivity index (χ4v) is 2.20. The van der Waals surface area contributed by atoms with Gasteiger partial charge in [-0.3, -0.25) is 4.79 Å². The second kappa shape index (κ2) is 5.59. The van der Waals surface area contributed by atoms with Crippen LogP contribution in [-0.4, -0.2) is 40.6 Å². The van der Waals surface area contributed by atoms with Gasteiger partial charge in [-0.1, -0.05) is 13.3 Å². The molecular weight excluding hydrogens is 232 g/mol. The standard InChI is InChI=1S/C13H24N2O3/c1-5-13(2,3)15(4)12(18)14-10-8-6-7-9(10)11(16)17/h9-10H,5-8H2,1-4H3,(H,14,18)(H,16,17). The summed E-state index contributed by atoms with van der Waals surface area (Å²) in [5.41, 5.74) is -0.221. The first-order chi connectivity index (χ1) is 8.29. The van der Waals surface area contributed by atoms with Crippen LogP contribution in [0.5, 0.6) is 0 Å². The van der Waals surface area contributed by atoms with Crippen molar-refractivity contribution in [1.29, 1.82) is 0 Å². The van der Waals surface area contributed by atoms with E-state index in [2.05, 4.69) is 5.32 Å². The minimum Gasteiger partial charge on any atom is -0.481 e. The minimum atomic E-state index is -0.810. The van der Waals surface area contributed by atoms with Crippen molar-refractivity contribution in [3.8, 4) is 0 Å². The maximum atomic E-state index is 12.1. The van der Waals surface area contributed by atoms with E-state index in [1.165, 1.54) is 0 Å². The summed E-state index contributed by atoms with van der Waals surface area (Å²) in [6.45, 7) is 6.02. The van der Waals surface area contributed by atoms with Crippen molar-refractivity contribution in [2.24, 2.45) is 5.92 Å². The van der Waals surface area contributed by atoms with E-state index in [-0.39, 0.29) is 17.6 Å². The van der Waals surface area contributed by atoms with Gasteiger partial charge < -0.3 is 15.3 Å². The number of rotatable bonds is 4. The van der Waals surface area contributed by atoms with Crippen LogP contribution in [0.1, 0.15) is 46.5 Å². The van der Waals surface area contributed by atoms with Gasteiger partial charge in [-0.15, -0.1) is 0 Å². The quantitative estimate of drug-likeness (QED) is 0.809. The Morgan fingerprint density at radius 2 is 2.00 bits per heavy atom. The Labute approximate surface area is 109 Å². The molecule has 0 radical (unpaired) electrons. The van der Waals surface area contributed by atoms with Gasteiger partial charge in [0.25, 0.3) is 0 Å². The number of aliphatic carboxylic acids is 1. The number of carboxylic acid groups (broad SMARTS) is 1. The predicted octanol–water partition coefficient (Wildman–Crippen LogP) is 2.07. The molecule has 18 heavy (non-hydrogen) atoms. The summed E-state index contributed by atoms with van der Waals surface area (Å²) in [6, 6.07) is -0.412. The van der Waals surface area contributed by atoms with E-state index in [0.717, 1.165) is 19.3 Å². The summed E-state index contributed by atoms with van der Waals surface area (Å²) < 4.78 is 0. The Bertz CT molecular complexity index is 328. The highest BCUT2D eigenvalue weighted by Gasteiger charge is 2.35. The molecule has 0 aliphatic heterocycles. The van der Waals surface area contributed by atoms with Gasteiger partial charge in [0.05, 0.1) is 5.92 Å². The molecule has 0 bridgehead atoms. The normalized spacial score (nSPS) is 23.8. The molecule has 1 aliphatic carbocycles. The van der Waals surface area contributed by atoms with Crippen molar-refractivity contribution in [2.45, 2.75) is 58.0 Å². The highest BCUT2D eigenvalue weighted by molar-refractivity contribution is 5.77. The van der Waals surface area contributed by atoms with Crippen LogP contribution in [-0.2, 0) is 4.79 Å². The Hall–Kier alpha value is -1.26. The fourth-order valence-electron chi connectivity index (χ4n) is 2.20. The maximum absolute atomic E-state index is 12.1. The molecule has 0 heterocycles. The highest BCUT2D eigenvalue weighted by atomic mass is 16.4. The lowest BCUT2D eigenvalue weighted by molar-refractivity contribution is -0.142. The lowest BCUT2D eigenvalue weighted by atomic mass is 10.00. The molecule has 2 atom stereocenters. The molecular formula is C13H24N2O3. The molecule has 0 aromatic heterocycles. The number of hydrogen-bond acceptors (Lipinski definition) is 2. The first-order valence-electron chi connectivity index (χ1n) is 6.56. The summed E-state index contributed by atoms with van der Waals surface area (Å²) in [7, 11) is 1.75. The first-order valence-corrected chi connectivity index (χ1v) is 6.56. The molecule has 5 nitrogen and oxygen atoms in total. The molecule has 1 saturated carbocycles. The Kier molecular flexibility index (Phi) is 4.59. The number of carboxylic acids is 1. The van der Waals surface area contributed by atoms with Crippen LogP contribution >= 0.6 is 0 Å². The monoisotopic (exact) mass is 256 g/mol. The number of amides is 2. The SMILES string of the molecule is CCC(C)(C)N(C)C(=O)NC1CCCC1C(=O)O. The summed E-state index contributed by atoms with van der Waals surface area (Å²) in [6.07, 6.45) is 3.12. The third kappa shape index (κ3) is 3.15. The summed E-state index contributed by atoms with van der Waals surface area (Å²) in [5.74, 6) is -1.25. The number of hydrogen-bond donors (Lipinski definition) is 2. The van der Waals surface area contributed by atoms with Gasteiger partial charge in [0.15, 0.2) is 0 Å². The van der Waals surface area contributed by atoms with Crippen molar-refractivity contribution in [1.82, 2.24) is 10.2 Å². The zero-order valence-electron chi connectivity index (χ0n) is 11.7. The smallest absolute Gasteiger partial charge is 0.317 e. The molecule has 2 N–H and O–H groups in total. The third-order valence-electron chi connectivity index (χ3n) is 4.22. The van der Waals surface area contributed by atoms with Crippen LogP contribution in [0.15, 0.2) is 0 Å². The highest BCUT2D eigenvalue weighted by Crippen LogP contribution is 2.26. The molecule has 104 valence electrons. The zero-order valence-corrected chi connectivity index (χ0v) is 11.7. The van der Waals surface area contributed by atoms with E-state index in [1.807, 2.05) is 20.8 Å². The number of carbonyl (C=O) groups is 2. The largest absolute Gasteiger partial charge is 0.481 e.